The summed E-state index contributed by atoms with van der Waals surface area (Å²) in [6.45, 7) is 1.89. The SMILES string of the molecule is Cc1cc2nc(Cl)c(Cc3ccc(Cl)cc3)c(Cl)n2n1. The van der Waals surface area contributed by atoms with Crippen LogP contribution in [0.3, 0.4) is 0 Å². The molecule has 0 spiro atoms. The third-order valence-corrected chi connectivity index (χ3v) is 3.96. The van der Waals surface area contributed by atoms with Crippen molar-refractivity contribution >= 4 is 40.4 Å². The molecule has 0 N–H and O–H groups in total. The molecule has 0 radical (unpaired) electrons. The number of rotatable bonds is 2. The van der Waals surface area contributed by atoms with E-state index in [1.54, 1.807) is 4.52 Å². The van der Waals surface area contributed by atoms with Gasteiger partial charge in [-0.05, 0) is 24.6 Å². The largest absolute Gasteiger partial charge is 0.216 e. The maximum absolute atomic E-state index is 6.39. The molecular formula is C14H10Cl3N3. The zero-order valence-corrected chi connectivity index (χ0v) is 12.8. The Kier molecular flexibility index (Phi) is 3.59. The van der Waals surface area contributed by atoms with Gasteiger partial charge in [-0.25, -0.2) is 9.50 Å². The van der Waals surface area contributed by atoms with Crippen molar-refractivity contribution in [1.82, 2.24) is 14.6 Å². The van der Waals surface area contributed by atoms with Crippen molar-refractivity contribution in [3.63, 3.8) is 0 Å². The minimum Gasteiger partial charge on any atom is -0.216 e. The molecule has 0 aliphatic heterocycles. The molecule has 6 heteroatoms. The summed E-state index contributed by atoms with van der Waals surface area (Å²) in [5.41, 5.74) is 3.31. The van der Waals surface area contributed by atoms with Crippen LogP contribution in [-0.2, 0) is 6.42 Å². The van der Waals surface area contributed by atoms with Gasteiger partial charge in [0.05, 0.1) is 5.69 Å². The highest BCUT2D eigenvalue weighted by Crippen LogP contribution is 2.27. The van der Waals surface area contributed by atoms with E-state index in [4.69, 9.17) is 34.8 Å². The van der Waals surface area contributed by atoms with E-state index < -0.39 is 0 Å². The van der Waals surface area contributed by atoms with Gasteiger partial charge in [0.15, 0.2) is 5.65 Å². The Morgan fingerprint density at radius 2 is 1.80 bits per heavy atom. The molecular weight excluding hydrogens is 317 g/mol. The van der Waals surface area contributed by atoms with Gasteiger partial charge >= 0.3 is 0 Å². The molecule has 0 bridgehead atoms. The van der Waals surface area contributed by atoms with Gasteiger partial charge in [-0.3, -0.25) is 0 Å². The fourth-order valence-electron chi connectivity index (χ4n) is 2.04. The number of fused-ring (bicyclic) bond motifs is 1. The maximum Gasteiger partial charge on any atom is 0.158 e. The smallest absolute Gasteiger partial charge is 0.158 e. The molecule has 0 unspecified atom stereocenters. The molecule has 0 saturated carbocycles. The van der Waals surface area contributed by atoms with Crippen LogP contribution in [0, 0.1) is 6.92 Å². The fraction of sp³-hybridized carbons (Fsp3) is 0.143. The first-order valence-electron chi connectivity index (χ1n) is 5.99. The van der Waals surface area contributed by atoms with Gasteiger partial charge in [0.2, 0.25) is 0 Å². The quantitative estimate of drug-likeness (QED) is 0.645. The summed E-state index contributed by atoms with van der Waals surface area (Å²) in [6.07, 6.45) is 0.580. The van der Waals surface area contributed by atoms with E-state index in [1.165, 1.54) is 0 Å². The number of halogens is 3. The number of nitrogens with zero attached hydrogens (tertiary/aromatic N) is 3. The summed E-state index contributed by atoms with van der Waals surface area (Å²) in [6, 6.07) is 9.39. The van der Waals surface area contributed by atoms with Crippen molar-refractivity contribution in [3.8, 4) is 0 Å². The Hall–Kier alpha value is -1.29. The van der Waals surface area contributed by atoms with E-state index in [0.29, 0.717) is 27.4 Å². The van der Waals surface area contributed by atoms with Gasteiger partial charge in [0.25, 0.3) is 0 Å². The number of hydrogen-bond donors (Lipinski definition) is 0. The Morgan fingerprint density at radius 1 is 1.10 bits per heavy atom. The maximum atomic E-state index is 6.39. The normalized spacial score (nSPS) is 11.2. The fourth-order valence-corrected chi connectivity index (χ4v) is 2.74. The van der Waals surface area contributed by atoms with Crippen molar-refractivity contribution in [2.24, 2.45) is 0 Å². The van der Waals surface area contributed by atoms with Crippen molar-refractivity contribution in [2.45, 2.75) is 13.3 Å². The van der Waals surface area contributed by atoms with E-state index in [0.717, 1.165) is 16.8 Å². The second-order valence-electron chi connectivity index (χ2n) is 4.53. The standard InChI is InChI=1S/C14H10Cl3N3/c1-8-6-12-18-13(16)11(14(17)20(12)19-8)7-9-2-4-10(15)5-3-9/h2-6H,7H2,1H3. The molecule has 0 amide bonds. The zero-order valence-electron chi connectivity index (χ0n) is 10.6. The summed E-state index contributed by atoms with van der Waals surface area (Å²) >= 11 is 18.5. The number of benzene rings is 1. The monoisotopic (exact) mass is 325 g/mol. The topological polar surface area (TPSA) is 30.2 Å². The molecule has 2 heterocycles. The Bertz CT molecular complexity index is 778. The Labute approximate surface area is 131 Å². The van der Waals surface area contributed by atoms with Crippen LogP contribution in [0.25, 0.3) is 5.65 Å². The third-order valence-electron chi connectivity index (χ3n) is 3.00. The van der Waals surface area contributed by atoms with E-state index in [-0.39, 0.29) is 0 Å². The first-order chi connectivity index (χ1) is 9.54. The zero-order chi connectivity index (χ0) is 14.3. The lowest BCUT2D eigenvalue weighted by atomic mass is 10.1. The van der Waals surface area contributed by atoms with Crippen LogP contribution < -0.4 is 0 Å². The highest BCUT2D eigenvalue weighted by atomic mass is 35.5. The molecule has 3 aromatic rings. The first-order valence-corrected chi connectivity index (χ1v) is 7.12. The number of aromatic nitrogens is 3. The lowest BCUT2D eigenvalue weighted by molar-refractivity contribution is 0.899. The summed E-state index contributed by atoms with van der Waals surface area (Å²) in [7, 11) is 0. The predicted octanol–water partition coefficient (Wildman–Crippen LogP) is 4.59. The summed E-state index contributed by atoms with van der Waals surface area (Å²) < 4.78 is 1.61. The van der Waals surface area contributed by atoms with E-state index >= 15 is 0 Å². The second kappa shape index (κ2) is 5.24. The van der Waals surface area contributed by atoms with Crippen molar-refractivity contribution in [3.05, 3.63) is 62.5 Å². The van der Waals surface area contributed by atoms with Crippen LogP contribution in [0.15, 0.2) is 30.3 Å². The molecule has 1 aromatic carbocycles. The highest BCUT2D eigenvalue weighted by molar-refractivity contribution is 6.35. The first kappa shape index (κ1) is 13.7. The van der Waals surface area contributed by atoms with E-state index in [2.05, 4.69) is 10.1 Å². The molecule has 0 saturated heterocycles. The minimum absolute atomic E-state index is 0.400. The lowest BCUT2D eigenvalue weighted by Gasteiger charge is -2.08. The van der Waals surface area contributed by atoms with Gasteiger partial charge in [-0.15, -0.1) is 0 Å². The number of aryl methyl sites for hydroxylation is 1. The molecule has 0 atom stereocenters. The van der Waals surface area contributed by atoms with Crippen molar-refractivity contribution < 1.29 is 0 Å². The van der Waals surface area contributed by atoms with Gasteiger partial charge in [0, 0.05) is 23.1 Å². The van der Waals surface area contributed by atoms with Crippen LogP contribution in [0.1, 0.15) is 16.8 Å². The van der Waals surface area contributed by atoms with Crippen molar-refractivity contribution in [2.75, 3.05) is 0 Å². The molecule has 3 nitrogen and oxygen atoms in total. The van der Waals surface area contributed by atoms with Crippen LogP contribution in [-0.4, -0.2) is 14.6 Å². The number of hydrogen-bond acceptors (Lipinski definition) is 2. The van der Waals surface area contributed by atoms with E-state index in [9.17, 15) is 0 Å². The lowest BCUT2D eigenvalue weighted by Crippen LogP contribution is -2.01. The summed E-state index contributed by atoms with van der Waals surface area (Å²) in [5, 5.41) is 5.90. The summed E-state index contributed by atoms with van der Waals surface area (Å²) in [4.78, 5) is 4.33. The molecule has 0 aliphatic carbocycles. The molecule has 3 rings (SSSR count). The van der Waals surface area contributed by atoms with Gasteiger partial charge in [0.1, 0.15) is 10.3 Å². The summed E-state index contributed by atoms with van der Waals surface area (Å²) in [5.74, 6) is 0. The molecule has 20 heavy (non-hydrogen) atoms. The second-order valence-corrected chi connectivity index (χ2v) is 5.68. The van der Waals surface area contributed by atoms with Crippen LogP contribution in [0.5, 0.6) is 0 Å². The minimum atomic E-state index is 0.400. The van der Waals surface area contributed by atoms with Gasteiger partial charge in [-0.2, -0.15) is 5.10 Å². The van der Waals surface area contributed by atoms with Crippen LogP contribution in [0.4, 0.5) is 0 Å². The van der Waals surface area contributed by atoms with E-state index in [1.807, 2.05) is 37.3 Å². The molecule has 0 aliphatic rings. The van der Waals surface area contributed by atoms with Crippen LogP contribution in [0.2, 0.25) is 15.3 Å². The molecule has 0 fully saturated rings. The van der Waals surface area contributed by atoms with Gasteiger partial charge in [-0.1, -0.05) is 46.9 Å². The third kappa shape index (κ3) is 2.49. The average Bonchev–Trinajstić information content (AvgIpc) is 2.77. The van der Waals surface area contributed by atoms with Crippen molar-refractivity contribution in [1.29, 1.82) is 0 Å². The van der Waals surface area contributed by atoms with Gasteiger partial charge < -0.3 is 0 Å². The Balaban J connectivity index is 2.08. The highest BCUT2D eigenvalue weighted by Gasteiger charge is 2.14. The molecule has 102 valence electrons. The average molecular weight is 327 g/mol. The predicted molar refractivity (Wildman–Crippen MR) is 82.0 cm³/mol. The molecule has 2 aromatic heterocycles. The van der Waals surface area contributed by atoms with Crippen LogP contribution >= 0.6 is 34.8 Å². The Morgan fingerprint density at radius 3 is 2.50 bits per heavy atom.